The van der Waals surface area contributed by atoms with E-state index in [2.05, 4.69) is 4.99 Å². The van der Waals surface area contributed by atoms with Crippen LogP contribution in [0, 0.1) is 0 Å². The van der Waals surface area contributed by atoms with Gasteiger partial charge < -0.3 is 10.5 Å². The van der Waals surface area contributed by atoms with Crippen molar-refractivity contribution in [2.45, 2.75) is 19.1 Å². The average Bonchev–Trinajstić information content (AvgIpc) is 2.47. The van der Waals surface area contributed by atoms with Gasteiger partial charge in [-0.3, -0.25) is 0 Å². The van der Waals surface area contributed by atoms with Crippen molar-refractivity contribution in [3.8, 4) is 0 Å². The van der Waals surface area contributed by atoms with Gasteiger partial charge in [-0.1, -0.05) is 30.3 Å². The van der Waals surface area contributed by atoms with Crippen LogP contribution in [0.2, 0.25) is 0 Å². The van der Waals surface area contributed by atoms with E-state index in [1.165, 1.54) is 0 Å². The minimum atomic E-state index is -0.0128. The lowest BCUT2D eigenvalue weighted by Gasteiger charge is -2.13. The molecule has 0 spiro atoms. The molecule has 0 saturated carbocycles. The van der Waals surface area contributed by atoms with Crippen molar-refractivity contribution in [3.63, 3.8) is 0 Å². The highest BCUT2D eigenvalue weighted by atomic mass is 16.5. The monoisotopic (exact) mass is 176 g/mol. The number of hydrogen-bond donors (Lipinski definition) is 1. The first-order chi connectivity index (χ1) is 6.27. The van der Waals surface area contributed by atoms with Crippen molar-refractivity contribution in [1.82, 2.24) is 0 Å². The molecule has 1 heterocycles. The van der Waals surface area contributed by atoms with Crippen molar-refractivity contribution in [2.24, 2.45) is 10.7 Å². The maximum atomic E-state index is 5.48. The Balaban J connectivity index is 2.21. The molecule has 3 nitrogen and oxygen atoms in total. The van der Waals surface area contributed by atoms with Gasteiger partial charge in [0.15, 0.2) is 0 Å². The van der Waals surface area contributed by atoms with Crippen LogP contribution in [-0.2, 0) is 4.74 Å². The summed E-state index contributed by atoms with van der Waals surface area (Å²) < 4.78 is 5.39. The first kappa shape index (κ1) is 8.10. The molecule has 2 rings (SSSR count). The molecule has 2 unspecified atom stereocenters. The second kappa shape index (κ2) is 3.09. The van der Waals surface area contributed by atoms with E-state index in [-0.39, 0.29) is 12.1 Å². The normalized spacial score (nSPS) is 26.7. The topological polar surface area (TPSA) is 47.6 Å². The van der Waals surface area contributed by atoms with Crippen molar-refractivity contribution in [1.29, 1.82) is 0 Å². The summed E-state index contributed by atoms with van der Waals surface area (Å²) in [5, 5.41) is 0. The van der Waals surface area contributed by atoms with Crippen LogP contribution in [0.4, 0.5) is 0 Å². The van der Waals surface area contributed by atoms with Gasteiger partial charge in [0, 0.05) is 0 Å². The number of rotatable bonds is 1. The van der Waals surface area contributed by atoms with E-state index in [9.17, 15) is 0 Å². The fourth-order valence-electron chi connectivity index (χ4n) is 1.52. The molecule has 0 radical (unpaired) electrons. The molecule has 1 aromatic rings. The molecule has 2 atom stereocenters. The molecule has 0 aromatic heterocycles. The summed E-state index contributed by atoms with van der Waals surface area (Å²) in [4.78, 5) is 4.12. The zero-order valence-corrected chi connectivity index (χ0v) is 7.47. The quantitative estimate of drug-likeness (QED) is 0.704. The minimum Gasteiger partial charge on any atom is -0.455 e. The van der Waals surface area contributed by atoms with Crippen LogP contribution in [0.3, 0.4) is 0 Å². The smallest absolute Gasteiger partial charge is 0.283 e. The Hall–Kier alpha value is -1.51. The summed E-state index contributed by atoms with van der Waals surface area (Å²) >= 11 is 0. The lowest BCUT2D eigenvalue weighted by atomic mass is 10.0. The zero-order valence-electron chi connectivity index (χ0n) is 7.47. The third-order valence-corrected chi connectivity index (χ3v) is 2.14. The number of aliphatic imine (C=N–C) groups is 1. The standard InChI is InChI=1S/C10H12N2O/c1-7-9(13-10(11)12-7)8-5-3-2-4-6-8/h2-7,9H,1H3,(H2,11,12). The van der Waals surface area contributed by atoms with Crippen LogP contribution < -0.4 is 5.73 Å². The predicted octanol–water partition coefficient (Wildman–Crippen LogP) is 1.46. The SMILES string of the molecule is CC1N=C(N)OC1c1ccccc1. The second-order valence-corrected chi connectivity index (χ2v) is 3.16. The van der Waals surface area contributed by atoms with E-state index in [4.69, 9.17) is 10.5 Å². The Morgan fingerprint density at radius 3 is 2.54 bits per heavy atom. The number of nitrogens with zero attached hydrogens (tertiary/aromatic N) is 1. The molecule has 2 N–H and O–H groups in total. The molecule has 1 aromatic carbocycles. The highest BCUT2D eigenvalue weighted by molar-refractivity contribution is 5.73. The van der Waals surface area contributed by atoms with Crippen LogP contribution in [0.1, 0.15) is 18.6 Å². The fraction of sp³-hybridized carbons (Fsp3) is 0.300. The fourth-order valence-corrected chi connectivity index (χ4v) is 1.52. The molecule has 0 amide bonds. The molecule has 68 valence electrons. The van der Waals surface area contributed by atoms with Crippen LogP contribution in [0.5, 0.6) is 0 Å². The lowest BCUT2D eigenvalue weighted by Crippen LogP contribution is -2.14. The van der Waals surface area contributed by atoms with Gasteiger partial charge in [0.25, 0.3) is 6.02 Å². The van der Waals surface area contributed by atoms with Crippen molar-refractivity contribution in [2.75, 3.05) is 0 Å². The zero-order chi connectivity index (χ0) is 9.26. The highest BCUT2D eigenvalue weighted by Gasteiger charge is 2.26. The molecular formula is C10H12N2O. The Labute approximate surface area is 77.2 Å². The Morgan fingerprint density at radius 2 is 2.00 bits per heavy atom. The molecule has 1 aliphatic rings. The minimum absolute atomic E-state index is 0.0128. The van der Waals surface area contributed by atoms with Crippen molar-refractivity contribution < 1.29 is 4.74 Å². The number of nitrogens with two attached hydrogens (primary N) is 1. The van der Waals surface area contributed by atoms with Gasteiger partial charge in [-0.05, 0) is 12.5 Å². The second-order valence-electron chi connectivity index (χ2n) is 3.16. The number of hydrogen-bond acceptors (Lipinski definition) is 3. The summed E-state index contributed by atoms with van der Waals surface area (Å²) in [5.41, 5.74) is 6.60. The molecule has 3 heteroatoms. The molecule has 0 bridgehead atoms. The Kier molecular flexibility index (Phi) is 1.93. The summed E-state index contributed by atoms with van der Waals surface area (Å²) in [5.74, 6) is 0. The average molecular weight is 176 g/mol. The van der Waals surface area contributed by atoms with Crippen molar-refractivity contribution in [3.05, 3.63) is 35.9 Å². The van der Waals surface area contributed by atoms with Crippen LogP contribution in [0.15, 0.2) is 35.3 Å². The summed E-state index contributed by atoms with van der Waals surface area (Å²) in [6, 6.07) is 10.4. The number of ether oxygens (including phenoxy) is 1. The largest absolute Gasteiger partial charge is 0.455 e. The molecule has 13 heavy (non-hydrogen) atoms. The van der Waals surface area contributed by atoms with Gasteiger partial charge in [-0.15, -0.1) is 0 Å². The first-order valence-electron chi connectivity index (χ1n) is 4.32. The van der Waals surface area contributed by atoms with E-state index in [1.54, 1.807) is 0 Å². The van der Waals surface area contributed by atoms with Crippen molar-refractivity contribution >= 4 is 6.02 Å². The Morgan fingerprint density at radius 1 is 1.31 bits per heavy atom. The molecule has 0 saturated heterocycles. The number of amidine groups is 1. The number of benzene rings is 1. The van der Waals surface area contributed by atoms with E-state index >= 15 is 0 Å². The molecule has 0 aliphatic carbocycles. The van der Waals surface area contributed by atoms with E-state index in [0.717, 1.165) is 5.56 Å². The molecular weight excluding hydrogens is 164 g/mol. The van der Waals surface area contributed by atoms with E-state index in [1.807, 2.05) is 37.3 Å². The van der Waals surface area contributed by atoms with Crippen LogP contribution >= 0.6 is 0 Å². The summed E-state index contributed by atoms with van der Waals surface area (Å²) in [6.45, 7) is 2.00. The van der Waals surface area contributed by atoms with Gasteiger partial charge in [0.1, 0.15) is 6.10 Å². The Bertz CT molecular complexity index is 321. The van der Waals surface area contributed by atoms with Crippen LogP contribution in [-0.4, -0.2) is 12.1 Å². The molecule has 1 aliphatic heterocycles. The van der Waals surface area contributed by atoms with Gasteiger partial charge in [-0.25, -0.2) is 4.99 Å². The van der Waals surface area contributed by atoms with Gasteiger partial charge in [0.2, 0.25) is 0 Å². The van der Waals surface area contributed by atoms with Gasteiger partial charge >= 0.3 is 0 Å². The lowest BCUT2D eigenvalue weighted by molar-refractivity contribution is 0.199. The van der Waals surface area contributed by atoms with E-state index in [0.29, 0.717) is 6.02 Å². The first-order valence-corrected chi connectivity index (χ1v) is 4.32. The maximum absolute atomic E-state index is 5.48. The van der Waals surface area contributed by atoms with Gasteiger partial charge in [0.05, 0.1) is 6.04 Å². The predicted molar refractivity (Wildman–Crippen MR) is 51.4 cm³/mol. The van der Waals surface area contributed by atoms with E-state index < -0.39 is 0 Å². The molecule has 0 fully saturated rings. The summed E-state index contributed by atoms with van der Waals surface area (Å²) in [7, 11) is 0. The maximum Gasteiger partial charge on any atom is 0.283 e. The van der Waals surface area contributed by atoms with Gasteiger partial charge in [-0.2, -0.15) is 0 Å². The summed E-state index contributed by atoms with van der Waals surface area (Å²) in [6.07, 6.45) is -0.0128. The third kappa shape index (κ3) is 1.49. The van der Waals surface area contributed by atoms with Crippen LogP contribution in [0.25, 0.3) is 0 Å². The third-order valence-electron chi connectivity index (χ3n) is 2.14. The highest BCUT2D eigenvalue weighted by Crippen LogP contribution is 2.27.